The lowest BCUT2D eigenvalue weighted by Crippen LogP contribution is -2.65. The van der Waals surface area contributed by atoms with E-state index in [9.17, 15) is 0 Å². The smallest absolute Gasteiger partial charge is 0.0661 e. The molecule has 0 heterocycles. The monoisotopic (exact) mass is 267 g/mol. The van der Waals surface area contributed by atoms with E-state index in [2.05, 4.69) is 33.0 Å². The van der Waals surface area contributed by atoms with Crippen molar-refractivity contribution in [2.24, 2.45) is 10.8 Å². The van der Waals surface area contributed by atoms with Crippen LogP contribution in [-0.4, -0.2) is 25.3 Å². The van der Waals surface area contributed by atoms with Gasteiger partial charge in [-0.25, -0.2) is 0 Å². The number of ether oxygens (including phenoxy) is 1. The number of rotatable bonds is 6. The molecule has 19 heavy (non-hydrogen) atoms. The zero-order chi connectivity index (χ0) is 13.9. The predicted octanol–water partition coefficient (Wildman–Crippen LogP) is 4.14. The number of hydrogen-bond donors (Lipinski definition) is 1. The third-order valence-corrected chi connectivity index (χ3v) is 5.72. The summed E-state index contributed by atoms with van der Waals surface area (Å²) in [4.78, 5) is 0. The second kappa shape index (κ2) is 6.13. The van der Waals surface area contributed by atoms with Crippen LogP contribution in [0, 0.1) is 10.8 Å². The van der Waals surface area contributed by atoms with Gasteiger partial charge in [-0.2, -0.15) is 0 Å². The molecule has 1 N–H and O–H groups in total. The normalized spacial score (nSPS) is 30.3. The molecule has 0 aromatic carbocycles. The fraction of sp³-hybridized carbons (Fsp3) is 1.00. The Balaban J connectivity index is 1.93. The highest BCUT2D eigenvalue weighted by Crippen LogP contribution is 2.53. The standard InChI is InChI=1S/C17H33NO/c1-5-16(3,4)13-18-14-12-15(19-6-2)17(14)10-8-7-9-11-17/h14-15,18H,5-13H2,1-4H3. The van der Waals surface area contributed by atoms with Gasteiger partial charge in [-0.15, -0.1) is 0 Å². The molecule has 0 aliphatic heterocycles. The lowest BCUT2D eigenvalue weighted by atomic mass is 9.55. The van der Waals surface area contributed by atoms with Crippen LogP contribution in [0.5, 0.6) is 0 Å². The van der Waals surface area contributed by atoms with E-state index in [0.717, 1.165) is 13.2 Å². The molecule has 0 aromatic rings. The molecule has 2 heteroatoms. The minimum absolute atomic E-state index is 0.423. The molecule has 2 fully saturated rings. The summed E-state index contributed by atoms with van der Waals surface area (Å²) in [6, 6.07) is 0.704. The molecule has 0 saturated heterocycles. The molecule has 112 valence electrons. The van der Waals surface area contributed by atoms with Crippen LogP contribution in [0.4, 0.5) is 0 Å². The first-order chi connectivity index (χ1) is 9.04. The molecule has 0 amide bonds. The van der Waals surface area contributed by atoms with E-state index in [1.165, 1.54) is 44.9 Å². The van der Waals surface area contributed by atoms with Gasteiger partial charge in [0.15, 0.2) is 0 Å². The number of nitrogens with one attached hydrogen (secondary N) is 1. The first kappa shape index (κ1) is 15.3. The Kier molecular flexibility index (Phi) is 4.94. The maximum atomic E-state index is 6.02. The van der Waals surface area contributed by atoms with Crippen molar-refractivity contribution in [2.75, 3.05) is 13.2 Å². The van der Waals surface area contributed by atoms with Gasteiger partial charge in [0.25, 0.3) is 0 Å². The van der Waals surface area contributed by atoms with E-state index in [1.54, 1.807) is 0 Å². The predicted molar refractivity (Wildman–Crippen MR) is 81.4 cm³/mol. The van der Waals surface area contributed by atoms with Crippen molar-refractivity contribution in [1.29, 1.82) is 0 Å². The van der Waals surface area contributed by atoms with E-state index in [-0.39, 0.29) is 0 Å². The second-order valence-electron chi connectivity index (χ2n) is 7.42. The van der Waals surface area contributed by atoms with Crippen molar-refractivity contribution in [2.45, 2.75) is 84.8 Å². The average Bonchev–Trinajstić information content (AvgIpc) is 2.43. The highest BCUT2D eigenvalue weighted by molar-refractivity contribution is 5.09. The summed E-state index contributed by atoms with van der Waals surface area (Å²) in [5, 5.41) is 3.88. The number of hydrogen-bond acceptors (Lipinski definition) is 2. The third kappa shape index (κ3) is 3.16. The molecule has 2 rings (SSSR count). The summed E-state index contributed by atoms with van der Waals surface area (Å²) >= 11 is 0. The molecule has 2 aliphatic rings. The van der Waals surface area contributed by atoms with Crippen LogP contribution in [0.2, 0.25) is 0 Å². The minimum Gasteiger partial charge on any atom is -0.378 e. The quantitative estimate of drug-likeness (QED) is 0.781. The Morgan fingerprint density at radius 2 is 1.84 bits per heavy atom. The van der Waals surface area contributed by atoms with Crippen molar-refractivity contribution in [3.8, 4) is 0 Å². The molecule has 2 unspecified atom stereocenters. The van der Waals surface area contributed by atoms with Crippen molar-refractivity contribution in [3.63, 3.8) is 0 Å². The second-order valence-corrected chi connectivity index (χ2v) is 7.42. The lowest BCUT2D eigenvalue weighted by Gasteiger charge is -2.58. The third-order valence-electron chi connectivity index (χ3n) is 5.72. The van der Waals surface area contributed by atoms with Gasteiger partial charge in [0, 0.05) is 24.6 Å². The van der Waals surface area contributed by atoms with Crippen molar-refractivity contribution >= 4 is 0 Å². The van der Waals surface area contributed by atoms with E-state index in [1.807, 2.05) is 0 Å². The molecule has 0 radical (unpaired) electrons. The highest BCUT2D eigenvalue weighted by Gasteiger charge is 2.55. The first-order valence-electron chi connectivity index (χ1n) is 8.39. The fourth-order valence-electron chi connectivity index (χ4n) is 3.87. The van der Waals surface area contributed by atoms with Crippen LogP contribution in [0.25, 0.3) is 0 Å². The van der Waals surface area contributed by atoms with Gasteiger partial charge in [0.2, 0.25) is 0 Å². The Hall–Kier alpha value is -0.0800. The summed E-state index contributed by atoms with van der Waals surface area (Å²) in [7, 11) is 0. The Labute approximate surface area is 119 Å². The SMILES string of the molecule is CCOC1CC(NCC(C)(C)CC)C12CCCCC2. The zero-order valence-corrected chi connectivity index (χ0v) is 13.4. The lowest BCUT2D eigenvalue weighted by molar-refractivity contribution is -0.151. The highest BCUT2D eigenvalue weighted by atomic mass is 16.5. The maximum Gasteiger partial charge on any atom is 0.0661 e. The van der Waals surface area contributed by atoms with E-state index < -0.39 is 0 Å². The molecule has 2 saturated carbocycles. The van der Waals surface area contributed by atoms with Gasteiger partial charge < -0.3 is 10.1 Å². The molecule has 2 aliphatic carbocycles. The van der Waals surface area contributed by atoms with Crippen molar-refractivity contribution in [1.82, 2.24) is 5.32 Å². The molecule has 2 nitrogen and oxygen atoms in total. The molecular formula is C17H33NO. The molecule has 1 spiro atoms. The Morgan fingerprint density at radius 1 is 1.16 bits per heavy atom. The van der Waals surface area contributed by atoms with Crippen LogP contribution in [-0.2, 0) is 4.74 Å². The van der Waals surface area contributed by atoms with Gasteiger partial charge >= 0.3 is 0 Å². The van der Waals surface area contributed by atoms with E-state index >= 15 is 0 Å². The Morgan fingerprint density at radius 3 is 2.42 bits per heavy atom. The summed E-state index contributed by atoms with van der Waals surface area (Å²) in [5.74, 6) is 0. The summed E-state index contributed by atoms with van der Waals surface area (Å²) in [6.07, 6.45) is 9.98. The summed E-state index contributed by atoms with van der Waals surface area (Å²) < 4.78 is 6.02. The van der Waals surface area contributed by atoms with Gasteiger partial charge in [0.05, 0.1) is 6.10 Å². The van der Waals surface area contributed by atoms with Crippen LogP contribution in [0.15, 0.2) is 0 Å². The van der Waals surface area contributed by atoms with Crippen molar-refractivity contribution in [3.05, 3.63) is 0 Å². The maximum absolute atomic E-state index is 6.02. The van der Waals surface area contributed by atoms with Crippen LogP contribution in [0.1, 0.15) is 72.6 Å². The first-order valence-corrected chi connectivity index (χ1v) is 8.39. The van der Waals surface area contributed by atoms with Crippen LogP contribution >= 0.6 is 0 Å². The van der Waals surface area contributed by atoms with Crippen molar-refractivity contribution < 1.29 is 4.74 Å². The molecule has 0 aromatic heterocycles. The average molecular weight is 267 g/mol. The largest absolute Gasteiger partial charge is 0.378 e. The van der Waals surface area contributed by atoms with Gasteiger partial charge in [-0.1, -0.05) is 40.0 Å². The van der Waals surface area contributed by atoms with Gasteiger partial charge in [-0.3, -0.25) is 0 Å². The Bertz CT molecular complexity index is 281. The molecule has 2 atom stereocenters. The van der Waals surface area contributed by atoms with E-state index in [0.29, 0.717) is 23.0 Å². The topological polar surface area (TPSA) is 21.3 Å². The van der Waals surface area contributed by atoms with Gasteiger partial charge in [-0.05, 0) is 38.0 Å². The minimum atomic E-state index is 0.423. The van der Waals surface area contributed by atoms with Gasteiger partial charge in [0.1, 0.15) is 0 Å². The van der Waals surface area contributed by atoms with E-state index in [4.69, 9.17) is 4.74 Å². The summed E-state index contributed by atoms with van der Waals surface area (Å²) in [5.41, 5.74) is 0.893. The summed E-state index contributed by atoms with van der Waals surface area (Å²) in [6.45, 7) is 11.2. The fourth-order valence-corrected chi connectivity index (χ4v) is 3.87. The van der Waals surface area contributed by atoms with Crippen LogP contribution in [0.3, 0.4) is 0 Å². The van der Waals surface area contributed by atoms with Crippen LogP contribution < -0.4 is 5.32 Å². The zero-order valence-electron chi connectivity index (χ0n) is 13.4. The molecular weight excluding hydrogens is 234 g/mol. The molecule has 0 bridgehead atoms.